The highest BCUT2D eigenvalue weighted by Crippen LogP contribution is 2.70. The summed E-state index contributed by atoms with van der Waals surface area (Å²) in [6.07, 6.45) is 4.37. The smallest absolute Gasteiger partial charge is 0.331 e. The van der Waals surface area contributed by atoms with Crippen LogP contribution in [0.2, 0.25) is 0 Å². The molecule has 30 heavy (non-hydrogen) atoms. The van der Waals surface area contributed by atoms with Gasteiger partial charge in [-0.05, 0) is 55.9 Å². The number of fused-ring (bicyclic) bond motifs is 5. The van der Waals surface area contributed by atoms with Crippen molar-refractivity contribution in [1.82, 2.24) is 0 Å². The average molecular weight is 421 g/mol. The average Bonchev–Trinajstić information content (AvgIpc) is 3.18. The largest absolute Gasteiger partial charge is 0.458 e. The van der Waals surface area contributed by atoms with E-state index in [4.69, 9.17) is 4.74 Å². The molecule has 4 N–H and O–H groups in total. The fourth-order valence-electron chi connectivity index (χ4n) is 8.42. The molecule has 4 fully saturated rings. The maximum Gasteiger partial charge on any atom is 0.331 e. The zero-order valence-electron chi connectivity index (χ0n) is 17.4. The first kappa shape index (κ1) is 20.6. The molecule has 0 spiro atoms. The molecule has 5 aliphatic rings. The molecule has 0 aromatic rings. The fraction of sp³-hybridized carbons (Fsp3) is 0.826. The highest BCUT2D eigenvalue weighted by molar-refractivity contribution is 5.85. The molecule has 4 aliphatic carbocycles. The predicted octanol–water partition coefficient (Wildman–Crippen LogP) is 0.869. The van der Waals surface area contributed by atoms with Gasteiger partial charge in [-0.1, -0.05) is 6.92 Å². The first-order valence-corrected chi connectivity index (χ1v) is 11.2. The third kappa shape index (κ3) is 2.35. The van der Waals surface area contributed by atoms with Crippen LogP contribution in [0, 0.1) is 28.6 Å². The van der Waals surface area contributed by atoms with E-state index in [0.717, 1.165) is 11.9 Å². The molecule has 0 aromatic heterocycles. The Bertz CT molecular complexity index is 809. The lowest BCUT2D eigenvalue weighted by Crippen LogP contribution is -2.68. The fourth-order valence-corrected chi connectivity index (χ4v) is 8.42. The van der Waals surface area contributed by atoms with E-state index in [9.17, 15) is 30.0 Å². The van der Waals surface area contributed by atoms with E-state index >= 15 is 0 Å². The molecular formula is C23H32O7. The quantitative estimate of drug-likeness (QED) is 0.386. The zero-order chi connectivity index (χ0) is 21.5. The van der Waals surface area contributed by atoms with Crippen molar-refractivity contribution in [3.63, 3.8) is 0 Å². The van der Waals surface area contributed by atoms with E-state index in [-0.39, 0.29) is 37.2 Å². The Morgan fingerprint density at radius 2 is 1.80 bits per heavy atom. The van der Waals surface area contributed by atoms with Crippen LogP contribution >= 0.6 is 0 Å². The topological polar surface area (TPSA) is 124 Å². The molecule has 0 saturated heterocycles. The van der Waals surface area contributed by atoms with Gasteiger partial charge in [0.05, 0.1) is 28.8 Å². The second-order valence-electron chi connectivity index (χ2n) is 10.8. The molecule has 0 bridgehead atoms. The van der Waals surface area contributed by atoms with Crippen molar-refractivity contribution in [2.75, 3.05) is 6.61 Å². The maximum atomic E-state index is 12.5. The summed E-state index contributed by atoms with van der Waals surface area (Å²) in [5, 5.41) is 44.7. The highest BCUT2D eigenvalue weighted by Gasteiger charge is 2.73. The van der Waals surface area contributed by atoms with Gasteiger partial charge >= 0.3 is 5.97 Å². The van der Waals surface area contributed by atoms with Crippen molar-refractivity contribution in [2.45, 2.75) is 81.7 Å². The van der Waals surface area contributed by atoms with Crippen LogP contribution in [0.4, 0.5) is 0 Å². The van der Waals surface area contributed by atoms with Crippen LogP contribution in [0.5, 0.6) is 0 Å². The molecule has 7 nitrogen and oxygen atoms in total. The standard InChI is InChI=1S/C23H32O7/c1-20-5-3-15-16(4-7-22(28)9-14(25)2-6-21(15,22)12-24)23(20,29)10-17(26)19(20)13-8-18(27)30-11-13/h8,12,14-17,19,25-26,28-29H,2-7,9-11H2,1H3/t14?,15?,16?,17?,19-,20-,21+,22?,23?/m1/s1. The Morgan fingerprint density at radius 3 is 2.47 bits per heavy atom. The van der Waals surface area contributed by atoms with Gasteiger partial charge < -0.3 is 30.0 Å². The van der Waals surface area contributed by atoms with Crippen molar-refractivity contribution < 1.29 is 34.8 Å². The van der Waals surface area contributed by atoms with Crippen LogP contribution in [0.25, 0.3) is 0 Å². The molecular weight excluding hydrogens is 388 g/mol. The van der Waals surface area contributed by atoms with E-state index in [1.807, 2.05) is 6.92 Å². The van der Waals surface area contributed by atoms with Gasteiger partial charge in [0.1, 0.15) is 12.9 Å². The first-order chi connectivity index (χ1) is 14.1. The van der Waals surface area contributed by atoms with Crippen LogP contribution < -0.4 is 0 Å². The third-order valence-electron chi connectivity index (χ3n) is 9.81. The second-order valence-corrected chi connectivity index (χ2v) is 10.8. The number of aliphatic hydroxyl groups excluding tert-OH is 2. The second kappa shape index (κ2) is 6.37. The summed E-state index contributed by atoms with van der Waals surface area (Å²) >= 11 is 0. The lowest BCUT2D eigenvalue weighted by Gasteiger charge is -2.65. The molecule has 166 valence electrons. The summed E-state index contributed by atoms with van der Waals surface area (Å²) in [4.78, 5) is 24.2. The zero-order valence-corrected chi connectivity index (χ0v) is 17.4. The number of aliphatic hydroxyl groups is 4. The van der Waals surface area contributed by atoms with Crippen LogP contribution in [-0.4, -0.2) is 62.7 Å². The minimum Gasteiger partial charge on any atom is -0.458 e. The molecule has 0 radical (unpaired) electrons. The van der Waals surface area contributed by atoms with Gasteiger partial charge in [-0.2, -0.15) is 0 Å². The molecule has 5 rings (SSSR count). The summed E-state index contributed by atoms with van der Waals surface area (Å²) < 4.78 is 5.09. The minimum absolute atomic E-state index is 0.149. The van der Waals surface area contributed by atoms with Crippen molar-refractivity contribution in [2.24, 2.45) is 28.6 Å². The van der Waals surface area contributed by atoms with Gasteiger partial charge in [0.25, 0.3) is 0 Å². The summed E-state index contributed by atoms with van der Waals surface area (Å²) in [6, 6.07) is 0. The number of aldehydes is 1. The van der Waals surface area contributed by atoms with Crippen molar-refractivity contribution in [3.05, 3.63) is 11.6 Å². The highest BCUT2D eigenvalue weighted by atomic mass is 16.5. The van der Waals surface area contributed by atoms with Gasteiger partial charge in [0.2, 0.25) is 0 Å². The number of cyclic esters (lactones) is 1. The Kier molecular flexibility index (Phi) is 4.38. The number of carbonyl (C=O) groups excluding carboxylic acids is 2. The Hall–Kier alpha value is -1.28. The molecule has 0 aromatic carbocycles. The summed E-state index contributed by atoms with van der Waals surface area (Å²) in [7, 11) is 0. The first-order valence-electron chi connectivity index (χ1n) is 11.2. The van der Waals surface area contributed by atoms with Gasteiger partial charge in [-0.15, -0.1) is 0 Å². The van der Waals surface area contributed by atoms with E-state index in [2.05, 4.69) is 0 Å². The van der Waals surface area contributed by atoms with E-state index in [0.29, 0.717) is 38.5 Å². The predicted molar refractivity (Wildman–Crippen MR) is 105 cm³/mol. The van der Waals surface area contributed by atoms with Crippen LogP contribution in [0.1, 0.15) is 58.3 Å². The molecule has 9 atom stereocenters. The molecule has 7 heteroatoms. The summed E-state index contributed by atoms with van der Waals surface area (Å²) in [6.45, 7) is 2.14. The number of hydrogen-bond donors (Lipinski definition) is 4. The molecule has 6 unspecified atom stereocenters. The van der Waals surface area contributed by atoms with Crippen LogP contribution in [0.3, 0.4) is 0 Å². The lowest BCUT2D eigenvalue weighted by atomic mass is 9.41. The monoisotopic (exact) mass is 420 g/mol. The lowest BCUT2D eigenvalue weighted by molar-refractivity contribution is -0.248. The van der Waals surface area contributed by atoms with Crippen molar-refractivity contribution in [3.8, 4) is 0 Å². The van der Waals surface area contributed by atoms with Crippen molar-refractivity contribution in [1.29, 1.82) is 0 Å². The summed E-state index contributed by atoms with van der Waals surface area (Å²) in [5.41, 5.74) is -3.31. The number of ether oxygens (including phenoxy) is 1. The molecule has 1 aliphatic heterocycles. The Morgan fingerprint density at radius 1 is 1.07 bits per heavy atom. The molecule has 4 saturated carbocycles. The normalized spacial score (nSPS) is 55.2. The van der Waals surface area contributed by atoms with Gasteiger partial charge in [0, 0.05) is 30.3 Å². The van der Waals surface area contributed by atoms with Crippen LogP contribution in [-0.2, 0) is 14.3 Å². The van der Waals surface area contributed by atoms with E-state index in [1.165, 1.54) is 6.08 Å². The number of esters is 1. The Labute approximate surface area is 176 Å². The van der Waals surface area contributed by atoms with Crippen LogP contribution in [0.15, 0.2) is 11.6 Å². The van der Waals surface area contributed by atoms with E-state index in [1.54, 1.807) is 0 Å². The maximum absolute atomic E-state index is 12.5. The number of hydrogen-bond acceptors (Lipinski definition) is 7. The Balaban J connectivity index is 1.54. The summed E-state index contributed by atoms with van der Waals surface area (Å²) in [5.74, 6) is -1.19. The van der Waals surface area contributed by atoms with Crippen molar-refractivity contribution >= 4 is 12.3 Å². The number of rotatable bonds is 2. The van der Waals surface area contributed by atoms with E-state index < -0.39 is 40.2 Å². The minimum atomic E-state index is -1.25. The van der Waals surface area contributed by atoms with Gasteiger partial charge in [0.15, 0.2) is 0 Å². The van der Waals surface area contributed by atoms with Gasteiger partial charge in [-0.25, -0.2) is 4.79 Å². The molecule has 0 amide bonds. The third-order valence-corrected chi connectivity index (χ3v) is 9.81. The molecule has 1 heterocycles. The number of carbonyl (C=O) groups is 2. The van der Waals surface area contributed by atoms with Gasteiger partial charge in [-0.3, -0.25) is 0 Å². The SMILES string of the molecule is C[C@]12CCC3C(CCC4(O)CC(O)CC[C@]34C=O)C1(O)CC(O)[C@H]2C1=CC(=O)OC1.